The minimum absolute atomic E-state index is 0.173. The van der Waals surface area contributed by atoms with Crippen LogP contribution in [0.15, 0.2) is 15.8 Å². The van der Waals surface area contributed by atoms with Crippen LogP contribution in [0.2, 0.25) is 0 Å². The predicted octanol–water partition coefficient (Wildman–Crippen LogP) is -2.16. The molecule has 2 heterocycles. The Morgan fingerprint density at radius 2 is 2.32 bits per heavy atom. The number of carbonyl (C=O) groups excluding carboxylic acids is 1. The van der Waals surface area contributed by atoms with Crippen molar-refractivity contribution >= 4 is 6.29 Å². The molecule has 2 rings (SSSR count). The maximum absolute atomic E-state index is 11.8. The molecule has 0 unspecified atom stereocenters. The SMILES string of the molecule is Cc1cn([C@@]2(C=O)C[C@H](O)[C@@H](CO)O2)c(=O)[nH]c1=O. The standard InChI is InChI=1S/C11H14N2O6/c1-6-3-13(10(18)12-9(6)17)11(5-15)2-7(16)8(4-14)19-11/h3,5,7-8,14,16H,2,4H2,1H3,(H,12,17,18)/t7-,8+,11-/m0/s1. The second kappa shape index (κ2) is 4.72. The quantitative estimate of drug-likeness (QED) is 0.538. The molecule has 1 aliphatic rings. The lowest BCUT2D eigenvalue weighted by molar-refractivity contribution is -0.148. The van der Waals surface area contributed by atoms with E-state index >= 15 is 0 Å². The van der Waals surface area contributed by atoms with Crippen molar-refractivity contribution in [1.29, 1.82) is 0 Å². The molecule has 1 aromatic rings. The van der Waals surface area contributed by atoms with Crippen LogP contribution in [0, 0.1) is 6.92 Å². The highest BCUT2D eigenvalue weighted by Gasteiger charge is 2.48. The van der Waals surface area contributed by atoms with Crippen LogP contribution >= 0.6 is 0 Å². The van der Waals surface area contributed by atoms with Gasteiger partial charge in [-0.15, -0.1) is 0 Å². The highest BCUT2D eigenvalue weighted by molar-refractivity contribution is 5.60. The van der Waals surface area contributed by atoms with Gasteiger partial charge in [-0.1, -0.05) is 0 Å². The third-order valence-corrected chi connectivity index (χ3v) is 3.18. The number of H-pyrrole nitrogens is 1. The molecule has 1 fully saturated rings. The molecular formula is C11H14N2O6. The van der Waals surface area contributed by atoms with Crippen LogP contribution in [0.1, 0.15) is 12.0 Å². The molecule has 3 N–H and O–H groups in total. The molecule has 8 heteroatoms. The lowest BCUT2D eigenvalue weighted by Gasteiger charge is -2.24. The van der Waals surface area contributed by atoms with E-state index < -0.39 is 35.8 Å². The number of nitrogens with zero attached hydrogens (tertiary/aromatic N) is 1. The van der Waals surface area contributed by atoms with E-state index in [9.17, 15) is 19.5 Å². The highest BCUT2D eigenvalue weighted by Crippen LogP contribution is 2.32. The number of aromatic amines is 1. The first-order valence-electron chi connectivity index (χ1n) is 5.69. The summed E-state index contributed by atoms with van der Waals surface area (Å²) in [6, 6.07) is 0. The van der Waals surface area contributed by atoms with Crippen molar-refractivity contribution in [2.45, 2.75) is 31.3 Å². The summed E-state index contributed by atoms with van der Waals surface area (Å²) in [6.07, 6.45) is -0.626. The molecule has 1 aromatic heterocycles. The number of carbonyl (C=O) groups is 1. The van der Waals surface area contributed by atoms with Gasteiger partial charge >= 0.3 is 5.69 Å². The fourth-order valence-electron chi connectivity index (χ4n) is 2.11. The van der Waals surface area contributed by atoms with Gasteiger partial charge < -0.3 is 14.9 Å². The van der Waals surface area contributed by atoms with Crippen LogP contribution in [-0.2, 0) is 15.3 Å². The molecule has 0 aliphatic carbocycles. The molecule has 0 bridgehead atoms. The van der Waals surface area contributed by atoms with Crippen LogP contribution in [0.3, 0.4) is 0 Å². The number of aromatic nitrogens is 2. The zero-order chi connectivity index (χ0) is 14.2. The lowest BCUT2D eigenvalue weighted by atomic mass is 10.1. The van der Waals surface area contributed by atoms with Crippen molar-refractivity contribution in [3.63, 3.8) is 0 Å². The Hall–Kier alpha value is -1.77. The Morgan fingerprint density at radius 1 is 1.63 bits per heavy atom. The minimum atomic E-state index is -1.71. The summed E-state index contributed by atoms with van der Waals surface area (Å²) in [5, 5.41) is 18.7. The van der Waals surface area contributed by atoms with Crippen LogP contribution < -0.4 is 11.2 Å². The zero-order valence-electron chi connectivity index (χ0n) is 10.2. The van der Waals surface area contributed by atoms with E-state index in [0.29, 0.717) is 6.29 Å². The summed E-state index contributed by atoms with van der Waals surface area (Å²) in [7, 11) is 0. The number of nitrogens with one attached hydrogen (secondary N) is 1. The molecule has 19 heavy (non-hydrogen) atoms. The lowest BCUT2D eigenvalue weighted by Crippen LogP contribution is -2.46. The van der Waals surface area contributed by atoms with E-state index in [4.69, 9.17) is 9.84 Å². The first-order valence-corrected chi connectivity index (χ1v) is 5.69. The molecule has 1 saturated heterocycles. The Morgan fingerprint density at radius 3 is 2.84 bits per heavy atom. The van der Waals surface area contributed by atoms with Crippen molar-refractivity contribution in [3.8, 4) is 0 Å². The van der Waals surface area contributed by atoms with Crippen LogP contribution in [0.25, 0.3) is 0 Å². The molecule has 3 atom stereocenters. The minimum Gasteiger partial charge on any atom is -0.394 e. The van der Waals surface area contributed by atoms with Crippen molar-refractivity contribution < 1.29 is 19.7 Å². The van der Waals surface area contributed by atoms with Crippen molar-refractivity contribution in [2.75, 3.05) is 6.61 Å². The van der Waals surface area contributed by atoms with Gasteiger partial charge in [0.25, 0.3) is 5.56 Å². The van der Waals surface area contributed by atoms with Gasteiger partial charge in [0, 0.05) is 18.2 Å². The number of aryl methyl sites for hydroxylation is 1. The maximum atomic E-state index is 11.8. The van der Waals surface area contributed by atoms with Crippen molar-refractivity contribution in [3.05, 3.63) is 32.6 Å². The number of aliphatic hydroxyl groups excluding tert-OH is 2. The van der Waals surface area contributed by atoms with Crippen LogP contribution in [-0.4, -0.2) is 44.9 Å². The van der Waals surface area contributed by atoms with Crippen LogP contribution in [0.5, 0.6) is 0 Å². The molecule has 0 aromatic carbocycles. The van der Waals surface area contributed by atoms with E-state index in [-0.39, 0.29) is 12.0 Å². The van der Waals surface area contributed by atoms with E-state index in [2.05, 4.69) is 4.98 Å². The van der Waals surface area contributed by atoms with Gasteiger partial charge in [0.1, 0.15) is 6.10 Å². The van der Waals surface area contributed by atoms with Gasteiger partial charge in [-0.05, 0) is 6.92 Å². The predicted molar refractivity (Wildman–Crippen MR) is 62.7 cm³/mol. The van der Waals surface area contributed by atoms with E-state index in [1.54, 1.807) is 0 Å². The summed E-state index contributed by atoms with van der Waals surface area (Å²) in [5.74, 6) is 0. The Bertz CT molecular complexity index is 606. The molecule has 0 radical (unpaired) electrons. The monoisotopic (exact) mass is 270 g/mol. The molecule has 0 spiro atoms. The van der Waals surface area contributed by atoms with Crippen LogP contribution in [0.4, 0.5) is 0 Å². The van der Waals surface area contributed by atoms with E-state index in [1.807, 2.05) is 0 Å². The third-order valence-electron chi connectivity index (χ3n) is 3.18. The summed E-state index contributed by atoms with van der Waals surface area (Å²) in [4.78, 5) is 36.4. The largest absolute Gasteiger partial charge is 0.394 e. The average molecular weight is 270 g/mol. The molecule has 1 aliphatic heterocycles. The molecule has 8 nitrogen and oxygen atoms in total. The number of hydrogen-bond acceptors (Lipinski definition) is 6. The Labute approximate surface area is 107 Å². The number of ether oxygens (including phenoxy) is 1. The molecule has 104 valence electrons. The van der Waals surface area contributed by atoms with Crippen molar-refractivity contribution in [1.82, 2.24) is 9.55 Å². The number of aldehydes is 1. The van der Waals surface area contributed by atoms with Gasteiger partial charge in [-0.2, -0.15) is 0 Å². The first kappa shape index (κ1) is 13.7. The fourth-order valence-corrected chi connectivity index (χ4v) is 2.11. The zero-order valence-corrected chi connectivity index (χ0v) is 10.2. The fraction of sp³-hybridized carbons (Fsp3) is 0.545. The van der Waals surface area contributed by atoms with E-state index in [0.717, 1.165) is 4.57 Å². The summed E-state index contributed by atoms with van der Waals surface area (Å²) in [6.45, 7) is 0.996. The van der Waals surface area contributed by atoms with Crippen molar-refractivity contribution in [2.24, 2.45) is 0 Å². The normalized spacial score (nSPS) is 30.5. The summed E-state index contributed by atoms with van der Waals surface area (Å²) < 4.78 is 6.22. The second-order valence-electron chi connectivity index (χ2n) is 4.51. The smallest absolute Gasteiger partial charge is 0.331 e. The van der Waals surface area contributed by atoms with Gasteiger partial charge in [0.2, 0.25) is 5.72 Å². The van der Waals surface area contributed by atoms with Gasteiger partial charge in [-0.25, -0.2) is 4.79 Å². The summed E-state index contributed by atoms with van der Waals surface area (Å²) >= 11 is 0. The molecule has 0 amide bonds. The number of rotatable bonds is 3. The molecule has 0 saturated carbocycles. The molecular weight excluding hydrogens is 256 g/mol. The Balaban J connectivity index is 2.55. The average Bonchev–Trinajstić information content (AvgIpc) is 2.71. The van der Waals surface area contributed by atoms with Gasteiger partial charge in [0.15, 0.2) is 6.29 Å². The highest BCUT2D eigenvalue weighted by atomic mass is 16.6. The van der Waals surface area contributed by atoms with E-state index in [1.165, 1.54) is 13.1 Å². The summed E-state index contributed by atoms with van der Waals surface area (Å²) in [5.41, 5.74) is -2.85. The topological polar surface area (TPSA) is 122 Å². The third kappa shape index (κ3) is 2.14. The maximum Gasteiger partial charge on any atom is 0.331 e. The Kier molecular flexibility index (Phi) is 3.40. The first-order chi connectivity index (χ1) is 8.93. The number of hydrogen-bond donors (Lipinski definition) is 3. The van der Waals surface area contributed by atoms with Gasteiger partial charge in [-0.3, -0.25) is 19.1 Å². The number of aliphatic hydroxyl groups is 2. The second-order valence-corrected chi connectivity index (χ2v) is 4.51. The van der Waals surface area contributed by atoms with Gasteiger partial charge in [0.05, 0.1) is 12.7 Å².